The second-order valence-corrected chi connectivity index (χ2v) is 6.19. The van der Waals surface area contributed by atoms with Crippen molar-refractivity contribution in [1.29, 1.82) is 0 Å². The number of carboxylic acid groups (broad SMARTS) is 1. The minimum atomic E-state index is -0.992. The Kier molecular flexibility index (Phi) is 3.71. The normalized spacial score (nSPS) is 10.8. The van der Waals surface area contributed by atoms with Crippen LogP contribution < -0.4 is 0 Å². The van der Waals surface area contributed by atoms with Gasteiger partial charge in [0.2, 0.25) is 0 Å². The van der Waals surface area contributed by atoms with Gasteiger partial charge in [-0.2, -0.15) is 0 Å². The van der Waals surface area contributed by atoms with Crippen molar-refractivity contribution in [2.75, 3.05) is 0 Å². The first-order valence-electron chi connectivity index (χ1n) is 6.01. The Morgan fingerprint density at radius 1 is 1.30 bits per heavy atom. The Morgan fingerprint density at radius 2 is 2.15 bits per heavy atom. The zero-order valence-corrected chi connectivity index (χ0v) is 12.1. The molecule has 0 unspecified atom stereocenters. The molecule has 0 aliphatic carbocycles. The summed E-state index contributed by atoms with van der Waals surface area (Å²) in [6, 6.07) is 11.8. The Labute approximate surface area is 124 Å². The molecule has 0 bridgehead atoms. The molecule has 0 saturated carbocycles. The van der Waals surface area contributed by atoms with E-state index >= 15 is 0 Å². The lowest BCUT2D eigenvalue weighted by atomic mass is 10.2. The van der Waals surface area contributed by atoms with Crippen LogP contribution in [0.4, 0.5) is 0 Å². The maximum absolute atomic E-state index is 10.9. The SMILES string of the molecule is O=C(O)c1cc(SCc2csc3ccccc23)ccn1. The van der Waals surface area contributed by atoms with Crippen LogP contribution in [-0.2, 0) is 5.75 Å². The van der Waals surface area contributed by atoms with Crippen molar-refractivity contribution in [3.05, 3.63) is 59.2 Å². The van der Waals surface area contributed by atoms with Gasteiger partial charge in [0.15, 0.2) is 0 Å². The van der Waals surface area contributed by atoms with E-state index in [0.717, 1.165) is 10.6 Å². The summed E-state index contributed by atoms with van der Waals surface area (Å²) in [6.07, 6.45) is 1.54. The number of benzene rings is 1. The molecular weight excluding hydrogens is 290 g/mol. The fourth-order valence-electron chi connectivity index (χ4n) is 1.92. The number of rotatable bonds is 4. The van der Waals surface area contributed by atoms with Gasteiger partial charge in [0.05, 0.1) is 0 Å². The van der Waals surface area contributed by atoms with Crippen molar-refractivity contribution in [3.8, 4) is 0 Å². The Balaban J connectivity index is 1.79. The van der Waals surface area contributed by atoms with E-state index in [1.54, 1.807) is 29.2 Å². The number of carbonyl (C=O) groups is 1. The van der Waals surface area contributed by atoms with Crippen LogP contribution in [0.25, 0.3) is 10.1 Å². The van der Waals surface area contributed by atoms with E-state index in [1.807, 2.05) is 18.2 Å². The van der Waals surface area contributed by atoms with Gasteiger partial charge in [-0.1, -0.05) is 18.2 Å². The van der Waals surface area contributed by atoms with E-state index in [1.165, 1.54) is 21.8 Å². The molecule has 0 aliphatic rings. The number of carboxylic acids is 1. The summed E-state index contributed by atoms with van der Waals surface area (Å²) in [5, 5.41) is 12.4. The van der Waals surface area contributed by atoms with Crippen LogP contribution in [0.3, 0.4) is 0 Å². The molecule has 3 rings (SSSR count). The fraction of sp³-hybridized carbons (Fsp3) is 0.0667. The number of thiophene rings is 1. The van der Waals surface area contributed by atoms with Crippen molar-refractivity contribution < 1.29 is 9.90 Å². The average Bonchev–Trinajstić information content (AvgIpc) is 2.89. The number of pyridine rings is 1. The summed E-state index contributed by atoms with van der Waals surface area (Å²) in [5.74, 6) is -0.166. The number of hydrogen-bond acceptors (Lipinski definition) is 4. The van der Waals surface area contributed by atoms with Crippen molar-refractivity contribution in [3.63, 3.8) is 0 Å². The average molecular weight is 301 g/mol. The molecule has 1 N–H and O–H groups in total. The zero-order chi connectivity index (χ0) is 13.9. The molecule has 0 fully saturated rings. The third-order valence-corrected chi connectivity index (χ3v) is 4.96. The van der Waals surface area contributed by atoms with Gasteiger partial charge in [-0.3, -0.25) is 0 Å². The number of hydrogen-bond donors (Lipinski definition) is 1. The zero-order valence-electron chi connectivity index (χ0n) is 10.4. The number of fused-ring (bicyclic) bond motifs is 1. The van der Waals surface area contributed by atoms with Gasteiger partial charge >= 0.3 is 5.97 Å². The lowest BCUT2D eigenvalue weighted by molar-refractivity contribution is 0.0690. The van der Waals surface area contributed by atoms with Gasteiger partial charge in [0, 0.05) is 21.5 Å². The van der Waals surface area contributed by atoms with Crippen LogP contribution in [0, 0.1) is 0 Å². The standard InChI is InChI=1S/C15H11NO2S2/c17-15(18)13-7-11(5-6-16-13)19-8-10-9-20-14-4-2-1-3-12(10)14/h1-7,9H,8H2,(H,17,18). The summed E-state index contributed by atoms with van der Waals surface area (Å²) in [7, 11) is 0. The summed E-state index contributed by atoms with van der Waals surface area (Å²) >= 11 is 3.37. The topological polar surface area (TPSA) is 50.2 Å². The van der Waals surface area contributed by atoms with Gasteiger partial charge in [-0.15, -0.1) is 23.1 Å². The predicted octanol–water partition coefficient (Wildman–Crippen LogP) is 4.29. The summed E-state index contributed by atoms with van der Waals surface area (Å²) < 4.78 is 1.28. The number of aromatic carboxylic acids is 1. The molecule has 0 atom stereocenters. The van der Waals surface area contributed by atoms with Crippen molar-refractivity contribution in [1.82, 2.24) is 4.98 Å². The summed E-state index contributed by atoms with van der Waals surface area (Å²) in [6.45, 7) is 0. The third kappa shape index (κ3) is 2.69. The Bertz CT molecular complexity index is 767. The largest absolute Gasteiger partial charge is 0.477 e. The third-order valence-electron chi connectivity index (χ3n) is 2.91. The molecule has 3 nitrogen and oxygen atoms in total. The van der Waals surface area contributed by atoms with Gasteiger partial charge < -0.3 is 5.11 Å². The minimum Gasteiger partial charge on any atom is -0.477 e. The van der Waals surface area contributed by atoms with E-state index in [-0.39, 0.29) is 5.69 Å². The van der Waals surface area contributed by atoms with Crippen LogP contribution in [0.2, 0.25) is 0 Å². The monoisotopic (exact) mass is 301 g/mol. The highest BCUT2D eigenvalue weighted by atomic mass is 32.2. The van der Waals surface area contributed by atoms with Crippen LogP contribution >= 0.6 is 23.1 Å². The molecule has 3 aromatic rings. The van der Waals surface area contributed by atoms with E-state index in [2.05, 4.69) is 22.5 Å². The molecule has 20 heavy (non-hydrogen) atoms. The first-order chi connectivity index (χ1) is 9.74. The van der Waals surface area contributed by atoms with Crippen molar-refractivity contribution in [2.45, 2.75) is 10.6 Å². The highest BCUT2D eigenvalue weighted by molar-refractivity contribution is 7.98. The molecule has 5 heteroatoms. The van der Waals surface area contributed by atoms with E-state index in [4.69, 9.17) is 5.11 Å². The van der Waals surface area contributed by atoms with Gasteiger partial charge in [-0.25, -0.2) is 9.78 Å². The summed E-state index contributed by atoms with van der Waals surface area (Å²) in [5.41, 5.74) is 1.37. The first kappa shape index (κ1) is 13.1. The molecule has 0 amide bonds. The quantitative estimate of drug-likeness (QED) is 0.730. The number of aromatic nitrogens is 1. The minimum absolute atomic E-state index is 0.0881. The molecular formula is C15H11NO2S2. The van der Waals surface area contributed by atoms with Crippen LogP contribution in [0.15, 0.2) is 52.9 Å². The van der Waals surface area contributed by atoms with Crippen molar-refractivity contribution in [2.24, 2.45) is 0 Å². The molecule has 2 aromatic heterocycles. The summed E-state index contributed by atoms with van der Waals surface area (Å²) in [4.78, 5) is 15.6. The van der Waals surface area contributed by atoms with E-state index in [0.29, 0.717) is 0 Å². The number of thioether (sulfide) groups is 1. The van der Waals surface area contributed by atoms with E-state index in [9.17, 15) is 4.79 Å². The first-order valence-corrected chi connectivity index (χ1v) is 7.88. The smallest absolute Gasteiger partial charge is 0.354 e. The molecule has 1 aromatic carbocycles. The highest BCUT2D eigenvalue weighted by Crippen LogP contribution is 2.31. The van der Waals surface area contributed by atoms with Crippen molar-refractivity contribution >= 4 is 39.2 Å². The lowest BCUT2D eigenvalue weighted by Crippen LogP contribution is -1.99. The Hall–Kier alpha value is -1.85. The number of nitrogens with zero attached hydrogens (tertiary/aromatic N) is 1. The maximum Gasteiger partial charge on any atom is 0.354 e. The molecule has 0 radical (unpaired) electrons. The molecule has 0 saturated heterocycles. The van der Waals surface area contributed by atoms with Crippen LogP contribution in [0.1, 0.15) is 16.1 Å². The molecule has 0 spiro atoms. The van der Waals surface area contributed by atoms with Gasteiger partial charge in [-0.05, 0) is 34.5 Å². The maximum atomic E-state index is 10.9. The van der Waals surface area contributed by atoms with E-state index < -0.39 is 5.97 Å². The van der Waals surface area contributed by atoms with Crippen LogP contribution in [0.5, 0.6) is 0 Å². The van der Waals surface area contributed by atoms with Gasteiger partial charge in [0.1, 0.15) is 5.69 Å². The van der Waals surface area contributed by atoms with Gasteiger partial charge in [0.25, 0.3) is 0 Å². The second-order valence-electron chi connectivity index (χ2n) is 4.23. The second kappa shape index (κ2) is 5.64. The molecule has 100 valence electrons. The fourth-order valence-corrected chi connectivity index (χ4v) is 3.90. The Morgan fingerprint density at radius 3 is 3.00 bits per heavy atom. The lowest BCUT2D eigenvalue weighted by Gasteiger charge is -2.02. The highest BCUT2D eigenvalue weighted by Gasteiger charge is 2.07. The van der Waals surface area contributed by atoms with Crippen LogP contribution in [-0.4, -0.2) is 16.1 Å². The predicted molar refractivity (Wildman–Crippen MR) is 82.6 cm³/mol. The molecule has 0 aliphatic heterocycles. The molecule has 2 heterocycles.